The number of thiophene rings is 1. The molecule has 0 fully saturated rings. The van der Waals surface area contributed by atoms with Gasteiger partial charge in [-0.1, -0.05) is 37.0 Å². The lowest BCUT2D eigenvalue weighted by Gasteiger charge is -2.17. The molecule has 1 aromatic carbocycles. The number of halogens is 2. The van der Waals surface area contributed by atoms with Gasteiger partial charge in [-0.15, -0.1) is 16.4 Å². The molecule has 0 saturated heterocycles. The van der Waals surface area contributed by atoms with Gasteiger partial charge in [-0.25, -0.2) is 9.67 Å². The number of nitrogens with zero attached hydrogens (tertiary/aromatic N) is 3. The number of ether oxygens (including phenoxy) is 1. The fourth-order valence-corrected chi connectivity index (χ4v) is 4.30. The second kappa shape index (κ2) is 9.32. The zero-order valence-electron chi connectivity index (χ0n) is 17.6. The Morgan fingerprint density at radius 2 is 2.03 bits per heavy atom. The predicted octanol–water partition coefficient (Wildman–Crippen LogP) is 7.11. The number of aryl methyl sites for hydroxylation is 1. The molecule has 4 aromatic rings. The number of nitrogens with one attached hydrogen (secondary N) is 1. The Kier molecular flexibility index (Phi) is 6.50. The van der Waals surface area contributed by atoms with Gasteiger partial charge in [0.1, 0.15) is 11.4 Å². The van der Waals surface area contributed by atoms with Crippen LogP contribution in [0.3, 0.4) is 0 Å². The SMILES string of the molecule is Cc1cc(Cl)cc(C(C)C)c1NC(=O)c1cc(Oc2ccsc2)nn1-c1ncccc1Cl. The molecule has 164 valence electrons. The summed E-state index contributed by atoms with van der Waals surface area (Å²) in [5.74, 6) is 1.01. The fourth-order valence-electron chi connectivity index (χ4n) is 3.27. The van der Waals surface area contributed by atoms with Crippen LogP contribution < -0.4 is 10.1 Å². The molecule has 9 heteroatoms. The highest BCUT2D eigenvalue weighted by atomic mass is 35.5. The lowest BCUT2D eigenvalue weighted by atomic mass is 9.98. The maximum absolute atomic E-state index is 13.4. The second-order valence-electron chi connectivity index (χ2n) is 7.45. The summed E-state index contributed by atoms with van der Waals surface area (Å²) in [4.78, 5) is 17.7. The normalized spacial score (nSPS) is 11.1. The van der Waals surface area contributed by atoms with Gasteiger partial charge in [0.15, 0.2) is 5.82 Å². The molecule has 0 bridgehead atoms. The van der Waals surface area contributed by atoms with Gasteiger partial charge in [0, 0.05) is 28.4 Å². The molecule has 0 saturated carbocycles. The van der Waals surface area contributed by atoms with Crippen LogP contribution in [0.4, 0.5) is 5.69 Å². The standard InChI is InChI=1S/C23H20Cl2N4O2S/c1-13(2)17-10-15(24)9-14(3)21(17)27-23(30)19-11-20(31-16-6-8-32-12-16)28-29(19)22-18(25)5-4-7-26-22/h4-13H,1-3H3,(H,27,30). The van der Waals surface area contributed by atoms with Crippen LogP contribution in [0.2, 0.25) is 10.0 Å². The van der Waals surface area contributed by atoms with Crippen molar-refractivity contribution < 1.29 is 9.53 Å². The van der Waals surface area contributed by atoms with Crippen LogP contribution in [-0.4, -0.2) is 20.7 Å². The minimum Gasteiger partial charge on any atom is -0.437 e. The molecule has 1 amide bonds. The number of pyridine rings is 1. The maximum Gasteiger partial charge on any atom is 0.274 e. The smallest absolute Gasteiger partial charge is 0.274 e. The van der Waals surface area contributed by atoms with E-state index in [1.807, 2.05) is 49.7 Å². The average Bonchev–Trinajstić information content (AvgIpc) is 3.40. The summed E-state index contributed by atoms with van der Waals surface area (Å²) < 4.78 is 7.20. The van der Waals surface area contributed by atoms with Gasteiger partial charge in [0.2, 0.25) is 5.88 Å². The monoisotopic (exact) mass is 486 g/mol. The molecule has 0 spiro atoms. The Hall–Kier alpha value is -2.87. The number of hydrogen-bond donors (Lipinski definition) is 1. The number of hydrogen-bond acceptors (Lipinski definition) is 5. The van der Waals surface area contributed by atoms with Gasteiger partial charge >= 0.3 is 0 Å². The van der Waals surface area contributed by atoms with Gasteiger partial charge in [-0.05, 0) is 59.7 Å². The first-order chi connectivity index (χ1) is 15.3. The molecular weight excluding hydrogens is 467 g/mol. The van der Waals surface area contributed by atoms with Crippen LogP contribution in [0.5, 0.6) is 11.6 Å². The van der Waals surface area contributed by atoms with Crippen LogP contribution in [0, 0.1) is 6.92 Å². The third-order valence-electron chi connectivity index (χ3n) is 4.77. The summed E-state index contributed by atoms with van der Waals surface area (Å²) >= 11 is 14.1. The van der Waals surface area contributed by atoms with E-state index in [1.54, 1.807) is 24.4 Å². The highest BCUT2D eigenvalue weighted by Gasteiger charge is 2.22. The van der Waals surface area contributed by atoms with Gasteiger partial charge in [-0.3, -0.25) is 4.79 Å². The van der Waals surface area contributed by atoms with Crippen LogP contribution in [-0.2, 0) is 0 Å². The Morgan fingerprint density at radius 3 is 2.72 bits per heavy atom. The lowest BCUT2D eigenvalue weighted by molar-refractivity contribution is 0.101. The zero-order chi connectivity index (χ0) is 22.8. The summed E-state index contributed by atoms with van der Waals surface area (Å²) in [6, 6.07) is 10.5. The van der Waals surface area contributed by atoms with E-state index in [1.165, 1.54) is 16.0 Å². The highest BCUT2D eigenvalue weighted by molar-refractivity contribution is 7.08. The third kappa shape index (κ3) is 4.65. The number of carbonyl (C=O) groups is 1. The molecule has 6 nitrogen and oxygen atoms in total. The maximum atomic E-state index is 13.4. The van der Waals surface area contributed by atoms with E-state index in [0.717, 1.165) is 16.8 Å². The van der Waals surface area contributed by atoms with Gasteiger partial charge < -0.3 is 10.1 Å². The average molecular weight is 487 g/mol. The summed E-state index contributed by atoms with van der Waals surface area (Å²) in [6.45, 7) is 6.00. The van der Waals surface area contributed by atoms with Crippen molar-refractivity contribution >= 4 is 46.1 Å². The Balaban J connectivity index is 1.76. The molecule has 32 heavy (non-hydrogen) atoms. The van der Waals surface area contributed by atoms with Crippen molar-refractivity contribution in [2.75, 3.05) is 5.32 Å². The molecule has 0 atom stereocenters. The molecule has 0 unspecified atom stereocenters. The van der Waals surface area contributed by atoms with E-state index in [9.17, 15) is 4.79 Å². The van der Waals surface area contributed by atoms with E-state index in [2.05, 4.69) is 15.4 Å². The van der Waals surface area contributed by atoms with Crippen LogP contribution >= 0.6 is 34.5 Å². The largest absolute Gasteiger partial charge is 0.437 e. The van der Waals surface area contributed by atoms with Gasteiger partial charge in [0.25, 0.3) is 5.91 Å². The number of benzene rings is 1. The van der Waals surface area contributed by atoms with E-state index in [4.69, 9.17) is 27.9 Å². The first-order valence-electron chi connectivity index (χ1n) is 9.86. The van der Waals surface area contributed by atoms with E-state index in [0.29, 0.717) is 21.6 Å². The Morgan fingerprint density at radius 1 is 1.22 bits per heavy atom. The van der Waals surface area contributed by atoms with Crippen LogP contribution in [0.1, 0.15) is 41.4 Å². The van der Waals surface area contributed by atoms with Crippen molar-refractivity contribution in [3.05, 3.63) is 80.2 Å². The van der Waals surface area contributed by atoms with Crippen molar-refractivity contribution in [1.29, 1.82) is 0 Å². The van der Waals surface area contributed by atoms with Crippen LogP contribution in [0.25, 0.3) is 5.82 Å². The topological polar surface area (TPSA) is 69.0 Å². The molecule has 0 radical (unpaired) electrons. The van der Waals surface area contributed by atoms with E-state index < -0.39 is 0 Å². The predicted molar refractivity (Wildman–Crippen MR) is 129 cm³/mol. The van der Waals surface area contributed by atoms with Crippen LogP contribution in [0.15, 0.2) is 53.4 Å². The Labute approximate surface area is 199 Å². The summed E-state index contributed by atoms with van der Waals surface area (Å²) in [6.07, 6.45) is 1.59. The molecule has 3 heterocycles. The number of aromatic nitrogens is 3. The molecule has 3 aromatic heterocycles. The van der Waals surface area contributed by atoms with Gasteiger partial charge in [0.05, 0.1) is 5.02 Å². The molecule has 0 aliphatic rings. The van der Waals surface area contributed by atoms with Crippen molar-refractivity contribution in [1.82, 2.24) is 14.8 Å². The van der Waals surface area contributed by atoms with Crippen molar-refractivity contribution in [2.45, 2.75) is 26.7 Å². The molecule has 0 aliphatic heterocycles. The Bertz CT molecular complexity index is 1270. The van der Waals surface area contributed by atoms with Crippen molar-refractivity contribution in [3.8, 4) is 17.4 Å². The molecule has 4 rings (SSSR count). The number of carbonyl (C=O) groups excluding carboxylic acids is 1. The first kappa shape index (κ1) is 22.3. The number of anilines is 1. The third-order valence-corrected chi connectivity index (χ3v) is 5.94. The van der Waals surface area contributed by atoms with Crippen molar-refractivity contribution in [3.63, 3.8) is 0 Å². The van der Waals surface area contributed by atoms with Gasteiger partial charge in [-0.2, -0.15) is 0 Å². The van der Waals surface area contributed by atoms with E-state index in [-0.39, 0.29) is 23.4 Å². The molecular formula is C23H20Cl2N4O2S. The minimum absolute atomic E-state index is 0.162. The summed E-state index contributed by atoms with van der Waals surface area (Å²) in [5, 5.41) is 12.2. The summed E-state index contributed by atoms with van der Waals surface area (Å²) in [5.41, 5.74) is 2.76. The number of amides is 1. The lowest BCUT2D eigenvalue weighted by Crippen LogP contribution is -2.19. The number of rotatable bonds is 6. The first-order valence-corrected chi connectivity index (χ1v) is 11.6. The molecule has 0 aliphatic carbocycles. The second-order valence-corrected chi connectivity index (χ2v) is 9.07. The highest BCUT2D eigenvalue weighted by Crippen LogP contribution is 2.32. The van der Waals surface area contributed by atoms with E-state index >= 15 is 0 Å². The zero-order valence-corrected chi connectivity index (χ0v) is 19.9. The summed E-state index contributed by atoms with van der Waals surface area (Å²) in [7, 11) is 0. The minimum atomic E-state index is -0.369. The van der Waals surface area contributed by atoms with Crippen molar-refractivity contribution in [2.24, 2.45) is 0 Å². The molecule has 1 N–H and O–H groups in total. The quantitative estimate of drug-likeness (QED) is 0.315. The fraction of sp³-hybridized carbons (Fsp3) is 0.174.